The van der Waals surface area contributed by atoms with Gasteiger partial charge in [0.15, 0.2) is 0 Å². The van der Waals surface area contributed by atoms with Crippen LogP contribution in [0.2, 0.25) is 0 Å². The first-order chi connectivity index (χ1) is 5.46. The summed E-state index contributed by atoms with van der Waals surface area (Å²) in [7, 11) is 0. The highest BCUT2D eigenvalue weighted by molar-refractivity contribution is 7.98. The predicted octanol–water partition coefficient (Wildman–Crippen LogP) is 2.39. The smallest absolute Gasteiger partial charge is 0.173 e. The molecule has 0 N–H and O–H groups in total. The minimum Gasteiger partial charge on any atom is -0.173 e. The number of rotatable bonds is 1. The standard InChI is InChI=1S/C6H7F3N2S/c1-4-3-10-11(5(4)12-2)6(7,8)9/h3H,1-2H3. The van der Waals surface area contributed by atoms with Crippen LogP contribution in [0.1, 0.15) is 5.56 Å². The molecule has 0 radical (unpaired) electrons. The van der Waals surface area contributed by atoms with Crippen molar-refractivity contribution in [2.45, 2.75) is 18.2 Å². The van der Waals surface area contributed by atoms with Crippen molar-refractivity contribution in [2.75, 3.05) is 6.26 Å². The zero-order chi connectivity index (χ0) is 9.35. The molecule has 2 nitrogen and oxygen atoms in total. The Morgan fingerprint density at radius 3 is 2.42 bits per heavy atom. The Bertz CT molecular complexity index is 279. The van der Waals surface area contributed by atoms with Crippen molar-refractivity contribution in [1.29, 1.82) is 0 Å². The summed E-state index contributed by atoms with van der Waals surface area (Å²) in [5, 5.41) is 3.37. The SMILES string of the molecule is CSc1c(C)cnn1C(F)(F)F. The number of thioether (sulfide) groups is 1. The lowest BCUT2D eigenvalue weighted by Crippen LogP contribution is -2.18. The molecule has 0 saturated heterocycles. The third kappa shape index (κ3) is 1.57. The van der Waals surface area contributed by atoms with E-state index in [1.807, 2.05) is 0 Å². The first-order valence-electron chi connectivity index (χ1n) is 3.12. The Morgan fingerprint density at radius 1 is 1.50 bits per heavy atom. The van der Waals surface area contributed by atoms with Gasteiger partial charge in [-0.05, 0) is 13.2 Å². The minimum atomic E-state index is -4.41. The zero-order valence-electron chi connectivity index (χ0n) is 6.51. The quantitative estimate of drug-likeness (QED) is 0.642. The van der Waals surface area contributed by atoms with E-state index in [1.165, 1.54) is 6.20 Å². The average molecular weight is 196 g/mol. The van der Waals surface area contributed by atoms with Crippen molar-refractivity contribution in [2.24, 2.45) is 0 Å². The van der Waals surface area contributed by atoms with Gasteiger partial charge in [0, 0.05) is 5.56 Å². The highest BCUT2D eigenvalue weighted by Crippen LogP contribution is 2.29. The topological polar surface area (TPSA) is 17.8 Å². The van der Waals surface area contributed by atoms with Crippen molar-refractivity contribution >= 4 is 11.8 Å². The second-order valence-electron chi connectivity index (χ2n) is 2.22. The van der Waals surface area contributed by atoms with Crippen molar-refractivity contribution in [3.05, 3.63) is 11.8 Å². The molecule has 68 valence electrons. The Labute approximate surface area is 71.8 Å². The van der Waals surface area contributed by atoms with Gasteiger partial charge in [0.25, 0.3) is 0 Å². The van der Waals surface area contributed by atoms with Gasteiger partial charge in [-0.2, -0.15) is 9.78 Å². The molecular formula is C6H7F3N2S. The highest BCUT2D eigenvalue weighted by atomic mass is 32.2. The number of alkyl halides is 3. The molecule has 12 heavy (non-hydrogen) atoms. The van der Waals surface area contributed by atoms with Crippen LogP contribution >= 0.6 is 11.8 Å². The molecule has 0 spiro atoms. The van der Waals surface area contributed by atoms with E-state index in [4.69, 9.17) is 0 Å². The summed E-state index contributed by atoms with van der Waals surface area (Å²) < 4.78 is 36.5. The van der Waals surface area contributed by atoms with Gasteiger partial charge in [0.1, 0.15) is 5.03 Å². The normalized spacial score (nSPS) is 12.1. The fourth-order valence-electron chi connectivity index (χ4n) is 0.847. The maximum absolute atomic E-state index is 12.1. The summed E-state index contributed by atoms with van der Waals surface area (Å²) in [6.07, 6.45) is -1.61. The fourth-order valence-corrected chi connectivity index (χ4v) is 1.55. The highest BCUT2D eigenvalue weighted by Gasteiger charge is 2.34. The first kappa shape index (κ1) is 9.44. The third-order valence-electron chi connectivity index (χ3n) is 1.33. The van der Waals surface area contributed by atoms with E-state index in [1.54, 1.807) is 13.2 Å². The second kappa shape index (κ2) is 3.01. The number of hydrogen-bond acceptors (Lipinski definition) is 2. The molecule has 0 aliphatic rings. The molecule has 0 aliphatic heterocycles. The zero-order valence-corrected chi connectivity index (χ0v) is 7.33. The maximum Gasteiger partial charge on any atom is 0.505 e. The van der Waals surface area contributed by atoms with Crippen LogP contribution in [0.4, 0.5) is 13.2 Å². The summed E-state index contributed by atoms with van der Waals surface area (Å²) >= 11 is 1.04. The van der Waals surface area contributed by atoms with Crippen molar-refractivity contribution < 1.29 is 13.2 Å². The van der Waals surface area contributed by atoms with E-state index < -0.39 is 6.30 Å². The van der Waals surface area contributed by atoms with Gasteiger partial charge in [-0.1, -0.05) is 0 Å². The Kier molecular flexibility index (Phi) is 2.36. The van der Waals surface area contributed by atoms with Crippen molar-refractivity contribution in [3.63, 3.8) is 0 Å². The lowest BCUT2D eigenvalue weighted by Gasteiger charge is -2.08. The van der Waals surface area contributed by atoms with E-state index >= 15 is 0 Å². The van der Waals surface area contributed by atoms with E-state index in [0.29, 0.717) is 5.56 Å². The van der Waals surface area contributed by atoms with Crippen LogP contribution in [-0.4, -0.2) is 16.0 Å². The first-order valence-corrected chi connectivity index (χ1v) is 4.35. The van der Waals surface area contributed by atoms with E-state index in [2.05, 4.69) is 5.10 Å². The van der Waals surface area contributed by atoms with Gasteiger partial charge >= 0.3 is 6.30 Å². The molecule has 0 unspecified atom stereocenters. The Balaban J connectivity index is 3.16. The van der Waals surface area contributed by atoms with E-state index in [9.17, 15) is 13.2 Å². The van der Waals surface area contributed by atoms with Crippen LogP contribution in [-0.2, 0) is 6.30 Å². The van der Waals surface area contributed by atoms with Gasteiger partial charge in [0.2, 0.25) is 0 Å². The molecule has 1 rings (SSSR count). The fraction of sp³-hybridized carbons (Fsp3) is 0.500. The van der Waals surface area contributed by atoms with Crippen LogP contribution < -0.4 is 0 Å². The van der Waals surface area contributed by atoms with Crippen LogP contribution in [0.3, 0.4) is 0 Å². The molecule has 1 aromatic heterocycles. The van der Waals surface area contributed by atoms with Crippen LogP contribution in [0.5, 0.6) is 0 Å². The van der Waals surface area contributed by atoms with Gasteiger partial charge in [0.05, 0.1) is 6.20 Å². The second-order valence-corrected chi connectivity index (χ2v) is 3.01. The van der Waals surface area contributed by atoms with Crippen molar-refractivity contribution in [1.82, 2.24) is 9.78 Å². The van der Waals surface area contributed by atoms with Gasteiger partial charge in [-0.25, -0.2) is 0 Å². The monoisotopic (exact) mass is 196 g/mol. The number of nitrogens with zero attached hydrogens (tertiary/aromatic N) is 2. The molecule has 1 aromatic rings. The number of halogens is 3. The molecule has 0 aromatic carbocycles. The summed E-state index contributed by atoms with van der Waals surface area (Å²) in [4.78, 5) is 0. The maximum atomic E-state index is 12.1. The predicted molar refractivity (Wildman–Crippen MR) is 40.0 cm³/mol. The number of hydrogen-bond donors (Lipinski definition) is 0. The molecule has 0 saturated carbocycles. The number of aryl methyl sites for hydroxylation is 1. The van der Waals surface area contributed by atoms with Crippen LogP contribution in [0, 0.1) is 6.92 Å². The average Bonchev–Trinajstić information content (AvgIpc) is 2.29. The van der Waals surface area contributed by atoms with Crippen LogP contribution in [0.25, 0.3) is 0 Å². The van der Waals surface area contributed by atoms with Gasteiger partial charge < -0.3 is 0 Å². The van der Waals surface area contributed by atoms with Gasteiger partial charge in [-0.3, -0.25) is 0 Å². The number of aromatic nitrogens is 2. The molecule has 0 aliphatic carbocycles. The summed E-state index contributed by atoms with van der Waals surface area (Å²) in [6.45, 7) is 1.60. The van der Waals surface area contributed by atoms with Crippen LogP contribution in [0.15, 0.2) is 11.2 Å². The molecule has 0 amide bonds. The molecule has 0 bridgehead atoms. The lowest BCUT2D eigenvalue weighted by atomic mass is 10.4. The summed E-state index contributed by atoms with van der Waals surface area (Å²) in [5.41, 5.74) is 0.542. The third-order valence-corrected chi connectivity index (χ3v) is 2.21. The summed E-state index contributed by atoms with van der Waals surface area (Å²) in [5.74, 6) is 0. The van der Waals surface area contributed by atoms with E-state index in [-0.39, 0.29) is 9.71 Å². The van der Waals surface area contributed by atoms with E-state index in [0.717, 1.165) is 11.8 Å². The molecule has 6 heteroatoms. The largest absolute Gasteiger partial charge is 0.505 e. The molecular weight excluding hydrogens is 189 g/mol. The molecule has 0 fully saturated rings. The molecule has 1 heterocycles. The Morgan fingerprint density at radius 2 is 2.08 bits per heavy atom. The minimum absolute atomic E-state index is 0.0764. The van der Waals surface area contributed by atoms with Gasteiger partial charge in [-0.15, -0.1) is 24.9 Å². The Hall–Kier alpha value is -0.650. The summed E-state index contributed by atoms with van der Waals surface area (Å²) in [6, 6.07) is 0. The van der Waals surface area contributed by atoms with Crippen molar-refractivity contribution in [3.8, 4) is 0 Å². The lowest BCUT2D eigenvalue weighted by molar-refractivity contribution is -0.217. The molecule has 0 atom stereocenters.